The Bertz CT molecular complexity index is 836. The number of thiazole rings is 1. The Labute approximate surface area is 137 Å². The normalized spacial score (nSPS) is 12.9. The molecule has 6 nitrogen and oxygen atoms in total. The predicted octanol–water partition coefficient (Wildman–Crippen LogP) is 3.24. The topological polar surface area (TPSA) is 71.6 Å². The van der Waals surface area contributed by atoms with E-state index in [4.69, 9.17) is 9.15 Å². The third-order valence-electron chi connectivity index (χ3n) is 2.97. The van der Waals surface area contributed by atoms with E-state index in [1.54, 1.807) is 36.5 Å². The van der Waals surface area contributed by atoms with E-state index in [1.807, 2.05) is 37.3 Å². The highest BCUT2D eigenvalue weighted by atomic mass is 32.1. The maximum atomic E-state index is 9.25. The SMILES string of the molecule is CC(O)Oc1ccc2nc(C=Cc3cnc(N(C)C)s3)oc2c1. The first-order valence-corrected chi connectivity index (χ1v) is 7.89. The molecule has 1 aromatic carbocycles. The zero-order valence-electron chi connectivity index (χ0n) is 13.1. The summed E-state index contributed by atoms with van der Waals surface area (Å²) in [6, 6.07) is 5.26. The molecule has 3 rings (SSSR count). The molecule has 120 valence electrons. The third kappa shape index (κ3) is 3.69. The van der Waals surface area contributed by atoms with Crippen LogP contribution in [-0.2, 0) is 0 Å². The highest BCUT2D eigenvalue weighted by Crippen LogP contribution is 2.25. The second-order valence-corrected chi connectivity index (χ2v) is 6.21. The Kier molecular flexibility index (Phi) is 4.31. The van der Waals surface area contributed by atoms with Gasteiger partial charge in [-0.05, 0) is 25.1 Å². The molecule has 0 aliphatic rings. The van der Waals surface area contributed by atoms with Crippen LogP contribution >= 0.6 is 11.3 Å². The van der Waals surface area contributed by atoms with Gasteiger partial charge in [-0.3, -0.25) is 0 Å². The van der Waals surface area contributed by atoms with Crippen LogP contribution in [0.5, 0.6) is 5.75 Å². The lowest BCUT2D eigenvalue weighted by atomic mass is 10.3. The van der Waals surface area contributed by atoms with Gasteiger partial charge >= 0.3 is 0 Å². The lowest BCUT2D eigenvalue weighted by molar-refractivity contribution is -0.000226. The van der Waals surface area contributed by atoms with Crippen LogP contribution in [-0.4, -0.2) is 35.5 Å². The number of aliphatic hydroxyl groups excluding tert-OH is 1. The van der Waals surface area contributed by atoms with Gasteiger partial charge in [0.2, 0.25) is 5.89 Å². The first-order valence-electron chi connectivity index (χ1n) is 7.08. The highest BCUT2D eigenvalue weighted by molar-refractivity contribution is 7.16. The smallest absolute Gasteiger partial charge is 0.220 e. The third-order valence-corrected chi connectivity index (χ3v) is 4.10. The standard InChI is InChI=1S/C16H17N3O3S/c1-10(20)21-11-4-6-13-14(8-11)22-15(18-13)7-5-12-9-17-16(23-12)19(2)3/h4-10,20H,1-3H3. The van der Waals surface area contributed by atoms with Crippen molar-refractivity contribution in [1.82, 2.24) is 9.97 Å². The van der Waals surface area contributed by atoms with Crippen LogP contribution < -0.4 is 9.64 Å². The molecular weight excluding hydrogens is 314 g/mol. The first kappa shape index (κ1) is 15.5. The van der Waals surface area contributed by atoms with E-state index < -0.39 is 6.29 Å². The number of benzene rings is 1. The summed E-state index contributed by atoms with van der Waals surface area (Å²) in [5.41, 5.74) is 1.35. The molecule has 0 fully saturated rings. The molecule has 0 radical (unpaired) electrons. The van der Waals surface area contributed by atoms with Crippen LogP contribution in [0.1, 0.15) is 17.7 Å². The minimum Gasteiger partial charge on any atom is -0.465 e. The number of ether oxygens (including phenoxy) is 1. The summed E-state index contributed by atoms with van der Waals surface area (Å²) in [6.07, 6.45) is 4.67. The summed E-state index contributed by atoms with van der Waals surface area (Å²) >= 11 is 1.59. The molecule has 1 atom stereocenters. The number of hydrogen-bond donors (Lipinski definition) is 1. The number of fused-ring (bicyclic) bond motifs is 1. The molecule has 0 saturated heterocycles. The van der Waals surface area contributed by atoms with Crippen LogP contribution in [0.4, 0.5) is 5.13 Å². The molecule has 2 aromatic heterocycles. The molecule has 0 bridgehead atoms. The second kappa shape index (κ2) is 6.39. The van der Waals surface area contributed by atoms with Crippen molar-refractivity contribution in [2.24, 2.45) is 0 Å². The van der Waals surface area contributed by atoms with Crippen molar-refractivity contribution in [1.29, 1.82) is 0 Å². The minimum absolute atomic E-state index is 0.508. The largest absolute Gasteiger partial charge is 0.465 e. The Morgan fingerprint density at radius 3 is 2.87 bits per heavy atom. The van der Waals surface area contributed by atoms with Crippen molar-refractivity contribution in [2.75, 3.05) is 19.0 Å². The minimum atomic E-state index is -0.869. The summed E-state index contributed by atoms with van der Waals surface area (Å²) in [7, 11) is 3.92. The van der Waals surface area contributed by atoms with Gasteiger partial charge in [-0.25, -0.2) is 9.97 Å². The quantitative estimate of drug-likeness (QED) is 0.724. The van der Waals surface area contributed by atoms with Crippen LogP contribution in [0.2, 0.25) is 0 Å². The van der Waals surface area contributed by atoms with E-state index in [-0.39, 0.29) is 0 Å². The average molecular weight is 331 g/mol. The van der Waals surface area contributed by atoms with Gasteiger partial charge in [-0.1, -0.05) is 11.3 Å². The Hall–Kier alpha value is -2.38. The van der Waals surface area contributed by atoms with Crippen LogP contribution in [0.3, 0.4) is 0 Å². The fourth-order valence-electron chi connectivity index (χ4n) is 1.98. The van der Waals surface area contributed by atoms with Crippen LogP contribution in [0.25, 0.3) is 23.3 Å². The first-order chi connectivity index (χ1) is 11.0. The zero-order chi connectivity index (χ0) is 16.4. The highest BCUT2D eigenvalue weighted by Gasteiger charge is 2.07. The summed E-state index contributed by atoms with van der Waals surface area (Å²) < 4.78 is 10.9. The number of aromatic nitrogens is 2. The van der Waals surface area contributed by atoms with Gasteiger partial charge in [0.25, 0.3) is 0 Å². The molecule has 23 heavy (non-hydrogen) atoms. The van der Waals surface area contributed by atoms with Crippen molar-refractivity contribution in [3.8, 4) is 5.75 Å². The summed E-state index contributed by atoms with van der Waals surface area (Å²) in [5.74, 6) is 1.05. The molecular formula is C16H17N3O3S. The number of hydrogen-bond acceptors (Lipinski definition) is 7. The van der Waals surface area contributed by atoms with Gasteiger partial charge in [-0.15, -0.1) is 0 Å². The summed E-state index contributed by atoms with van der Waals surface area (Å²) in [5, 5.41) is 10.2. The summed E-state index contributed by atoms with van der Waals surface area (Å²) in [6.45, 7) is 1.55. The van der Waals surface area contributed by atoms with Crippen molar-refractivity contribution in [3.05, 3.63) is 35.2 Å². The predicted molar refractivity (Wildman–Crippen MR) is 91.7 cm³/mol. The molecule has 1 N–H and O–H groups in total. The molecule has 0 saturated carbocycles. The van der Waals surface area contributed by atoms with E-state index in [2.05, 4.69) is 9.97 Å². The van der Waals surface area contributed by atoms with Crippen molar-refractivity contribution in [3.63, 3.8) is 0 Å². The molecule has 1 unspecified atom stereocenters. The Morgan fingerprint density at radius 2 is 2.17 bits per heavy atom. The fourth-order valence-corrected chi connectivity index (χ4v) is 2.72. The van der Waals surface area contributed by atoms with Gasteiger partial charge in [0, 0.05) is 37.3 Å². The van der Waals surface area contributed by atoms with Crippen LogP contribution in [0.15, 0.2) is 28.8 Å². The Balaban J connectivity index is 1.80. The van der Waals surface area contributed by atoms with E-state index in [0.717, 1.165) is 15.5 Å². The van der Waals surface area contributed by atoms with Crippen molar-refractivity contribution >= 4 is 39.7 Å². The molecule has 0 amide bonds. The molecule has 0 spiro atoms. The number of oxazole rings is 1. The molecule has 3 aromatic rings. The van der Waals surface area contributed by atoms with Gasteiger partial charge in [0.05, 0.1) is 0 Å². The fraction of sp³-hybridized carbons (Fsp3) is 0.250. The molecule has 7 heteroatoms. The van der Waals surface area contributed by atoms with Gasteiger partial charge in [-0.2, -0.15) is 0 Å². The zero-order valence-corrected chi connectivity index (χ0v) is 13.9. The summed E-state index contributed by atoms with van der Waals surface area (Å²) in [4.78, 5) is 11.7. The molecule has 2 heterocycles. The van der Waals surface area contributed by atoms with Crippen molar-refractivity contribution in [2.45, 2.75) is 13.2 Å². The van der Waals surface area contributed by atoms with Crippen LogP contribution in [0, 0.1) is 0 Å². The van der Waals surface area contributed by atoms with E-state index in [9.17, 15) is 5.11 Å². The van der Waals surface area contributed by atoms with Gasteiger partial charge in [0.15, 0.2) is 17.0 Å². The van der Waals surface area contributed by atoms with E-state index in [0.29, 0.717) is 17.2 Å². The number of anilines is 1. The molecule has 0 aliphatic carbocycles. The maximum absolute atomic E-state index is 9.25. The van der Waals surface area contributed by atoms with E-state index in [1.165, 1.54) is 0 Å². The van der Waals surface area contributed by atoms with Gasteiger partial charge in [0.1, 0.15) is 11.3 Å². The molecule has 0 aliphatic heterocycles. The number of aliphatic hydroxyl groups is 1. The van der Waals surface area contributed by atoms with E-state index >= 15 is 0 Å². The second-order valence-electron chi connectivity index (χ2n) is 5.17. The number of rotatable bonds is 5. The lowest BCUT2D eigenvalue weighted by Crippen LogP contribution is -2.09. The van der Waals surface area contributed by atoms with Crippen molar-refractivity contribution < 1.29 is 14.3 Å². The Morgan fingerprint density at radius 1 is 1.35 bits per heavy atom. The lowest BCUT2D eigenvalue weighted by Gasteiger charge is -2.07. The number of nitrogens with zero attached hydrogens (tertiary/aromatic N) is 3. The average Bonchev–Trinajstić information content (AvgIpc) is 3.10. The maximum Gasteiger partial charge on any atom is 0.220 e. The van der Waals surface area contributed by atoms with Gasteiger partial charge < -0.3 is 19.2 Å². The monoisotopic (exact) mass is 331 g/mol.